The number of nitro benzene ring substituents is 1. The van der Waals surface area contributed by atoms with Crippen molar-refractivity contribution < 1.29 is 14.5 Å². The minimum Gasteiger partial charge on any atom is -0.466 e. The van der Waals surface area contributed by atoms with E-state index >= 15 is 0 Å². The van der Waals surface area contributed by atoms with Gasteiger partial charge in [-0.2, -0.15) is 0 Å². The Hall–Kier alpha value is -2.25. The molecule has 0 fully saturated rings. The van der Waals surface area contributed by atoms with E-state index < -0.39 is 4.92 Å². The van der Waals surface area contributed by atoms with Crippen molar-refractivity contribution in [3.8, 4) is 10.4 Å². The van der Waals surface area contributed by atoms with E-state index in [9.17, 15) is 14.9 Å². The molecule has 2 rings (SSSR count). The number of non-ortho nitro benzene ring substituents is 1. The molecule has 0 bridgehead atoms. The van der Waals surface area contributed by atoms with Gasteiger partial charge < -0.3 is 10.5 Å². The lowest BCUT2D eigenvalue weighted by Crippen LogP contribution is -2.16. The molecule has 0 amide bonds. The van der Waals surface area contributed by atoms with Gasteiger partial charge in [0, 0.05) is 17.0 Å². The Labute approximate surface area is 125 Å². The van der Waals surface area contributed by atoms with Crippen LogP contribution in [-0.2, 0) is 9.53 Å². The van der Waals surface area contributed by atoms with Gasteiger partial charge in [0.25, 0.3) is 12.2 Å². The highest BCUT2D eigenvalue weighted by atomic mass is 32.1. The monoisotopic (exact) mass is 306 g/mol. The first-order chi connectivity index (χ1) is 10.0. The third kappa shape index (κ3) is 3.26. The van der Waals surface area contributed by atoms with Crippen LogP contribution in [0.1, 0.15) is 17.2 Å². The van der Waals surface area contributed by atoms with Crippen LogP contribution in [0.15, 0.2) is 29.6 Å². The molecule has 2 aromatic rings. The molecule has 6 nitrogen and oxygen atoms in total. The number of rotatable bonds is 6. The van der Waals surface area contributed by atoms with Crippen LogP contribution < -0.4 is 5.73 Å². The van der Waals surface area contributed by atoms with Crippen molar-refractivity contribution in [1.29, 1.82) is 0 Å². The minimum atomic E-state index is -0.427. The summed E-state index contributed by atoms with van der Waals surface area (Å²) in [5.41, 5.74) is 8.84. The Morgan fingerprint density at radius 3 is 2.67 bits per heavy atom. The molecule has 1 aromatic carbocycles. The lowest BCUT2D eigenvalue weighted by Gasteiger charge is -2.10. The van der Waals surface area contributed by atoms with E-state index in [1.165, 1.54) is 23.5 Å². The fraction of sp³-hybridized carbons (Fsp3) is 0.214. The molecule has 110 valence electrons. The van der Waals surface area contributed by atoms with E-state index in [-0.39, 0.29) is 18.3 Å². The Bertz CT molecular complexity index is 651. The maximum absolute atomic E-state index is 10.7. The average molecular weight is 306 g/mol. The van der Waals surface area contributed by atoms with Gasteiger partial charge >= 0.3 is 0 Å². The van der Waals surface area contributed by atoms with Crippen molar-refractivity contribution >= 4 is 23.5 Å². The quantitative estimate of drug-likeness (QED) is 0.503. The van der Waals surface area contributed by atoms with Gasteiger partial charge in [-0.25, -0.2) is 0 Å². The number of ether oxygens (including phenoxy) is 1. The maximum Gasteiger partial charge on any atom is 0.293 e. The Morgan fingerprint density at radius 1 is 1.43 bits per heavy atom. The topological polar surface area (TPSA) is 95.5 Å². The standard InChI is InChI=1S/C14H14N2O4S/c1-9-12(13(15)6-20-8-17)7-21-14(9)10-2-4-11(5-3-10)16(18)19/h2-5,7-8,13H,6,15H2,1H3. The molecule has 1 heterocycles. The zero-order valence-corrected chi connectivity index (χ0v) is 12.1. The van der Waals surface area contributed by atoms with Crippen LogP contribution >= 0.6 is 11.3 Å². The van der Waals surface area contributed by atoms with Crippen LogP contribution in [0.4, 0.5) is 5.69 Å². The normalized spacial score (nSPS) is 11.9. The number of hydrogen-bond acceptors (Lipinski definition) is 6. The fourth-order valence-corrected chi connectivity index (χ4v) is 3.21. The summed E-state index contributed by atoms with van der Waals surface area (Å²) in [7, 11) is 0. The number of hydrogen-bond donors (Lipinski definition) is 1. The third-order valence-electron chi connectivity index (χ3n) is 3.16. The van der Waals surface area contributed by atoms with E-state index in [1.807, 2.05) is 12.3 Å². The number of thiophene rings is 1. The molecule has 2 N–H and O–H groups in total. The van der Waals surface area contributed by atoms with Crippen molar-refractivity contribution in [2.45, 2.75) is 13.0 Å². The van der Waals surface area contributed by atoms with Crippen molar-refractivity contribution in [3.63, 3.8) is 0 Å². The molecule has 1 unspecified atom stereocenters. The van der Waals surface area contributed by atoms with Crippen molar-refractivity contribution in [2.24, 2.45) is 5.73 Å². The number of benzene rings is 1. The molecule has 1 aromatic heterocycles. The maximum atomic E-state index is 10.7. The van der Waals surface area contributed by atoms with Gasteiger partial charge in [-0.15, -0.1) is 11.3 Å². The summed E-state index contributed by atoms with van der Waals surface area (Å²) in [6.45, 7) is 2.43. The number of nitrogens with zero attached hydrogens (tertiary/aromatic N) is 1. The SMILES string of the molecule is Cc1c(C(N)COC=O)csc1-c1ccc([N+](=O)[O-])cc1. The largest absolute Gasteiger partial charge is 0.466 e. The summed E-state index contributed by atoms with van der Waals surface area (Å²) in [5, 5.41) is 12.6. The lowest BCUT2D eigenvalue weighted by atomic mass is 10.0. The van der Waals surface area contributed by atoms with E-state index in [1.54, 1.807) is 12.1 Å². The molecule has 0 radical (unpaired) electrons. The summed E-state index contributed by atoms with van der Waals surface area (Å²) in [4.78, 5) is 21.4. The molecule has 0 saturated heterocycles. The molecular weight excluding hydrogens is 292 g/mol. The smallest absolute Gasteiger partial charge is 0.293 e. The van der Waals surface area contributed by atoms with Gasteiger partial charge in [0.15, 0.2) is 0 Å². The van der Waals surface area contributed by atoms with Crippen LogP contribution in [0.2, 0.25) is 0 Å². The Morgan fingerprint density at radius 2 is 2.10 bits per heavy atom. The molecule has 0 aliphatic heterocycles. The number of carbonyl (C=O) groups excluding carboxylic acids is 1. The highest BCUT2D eigenvalue weighted by Crippen LogP contribution is 2.35. The van der Waals surface area contributed by atoms with Gasteiger partial charge in [0.1, 0.15) is 6.61 Å². The van der Waals surface area contributed by atoms with E-state index in [4.69, 9.17) is 5.73 Å². The van der Waals surface area contributed by atoms with Crippen LogP contribution in [0, 0.1) is 17.0 Å². The van der Waals surface area contributed by atoms with Gasteiger partial charge in [-0.3, -0.25) is 14.9 Å². The van der Waals surface area contributed by atoms with Crippen LogP contribution in [-0.4, -0.2) is 18.0 Å². The minimum absolute atomic E-state index is 0.0595. The fourth-order valence-electron chi connectivity index (χ4n) is 2.05. The van der Waals surface area contributed by atoms with Crippen LogP contribution in [0.5, 0.6) is 0 Å². The Balaban J connectivity index is 2.27. The lowest BCUT2D eigenvalue weighted by molar-refractivity contribution is -0.384. The summed E-state index contributed by atoms with van der Waals surface area (Å²) in [6, 6.07) is 6.01. The summed E-state index contributed by atoms with van der Waals surface area (Å²) in [6.07, 6.45) is 0. The highest BCUT2D eigenvalue weighted by Gasteiger charge is 2.16. The molecule has 21 heavy (non-hydrogen) atoms. The van der Waals surface area contributed by atoms with Crippen molar-refractivity contribution in [3.05, 3.63) is 50.9 Å². The number of carbonyl (C=O) groups is 1. The molecule has 0 aliphatic carbocycles. The van der Waals surface area contributed by atoms with Crippen LogP contribution in [0.25, 0.3) is 10.4 Å². The summed E-state index contributed by atoms with van der Waals surface area (Å²) in [5.74, 6) is 0. The number of nitro groups is 1. The second kappa shape index (κ2) is 6.47. The first kappa shape index (κ1) is 15.1. The summed E-state index contributed by atoms with van der Waals surface area (Å²) >= 11 is 1.51. The van der Waals surface area contributed by atoms with Gasteiger partial charge in [0.05, 0.1) is 11.0 Å². The molecule has 7 heteroatoms. The van der Waals surface area contributed by atoms with E-state index in [0.29, 0.717) is 6.47 Å². The van der Waals surface area contributed by atoms with Crippen molar-refractivity contribution in [1.82, 2.24) is 0 Å². The summed E-state index contributed by atoms with van der Waals surface area (Å²) < 4.78 is 4.69. The second-order valence-electron chi connectivity index (χ2n) is 4.49. The predicted molar refractivity (Wildman–Crippen MR) is 80.1 cm³/mol. The molecule has 1 atom stereocenters. The highest BCUT2D eigenvalue weighted by molar-refractivity contribution is 7.14. The number of nitrogens with two attached hydrogens (primary N) is 1. The van der Waals surface area contributed by atoms with Gasteiger partial charge in [-0.1, -0.05) is 0 Å². The average Bonchev–Trinajstić information content (AvgIpc) is 2.86. The Kier molecular flexibility index (Phi) is 4.66. The van der Waals surface area contributed by atoms with Gasteiger partial charge in [-0.05, 0) is 41.1 Å². The molecule has 0 aliphatic rings. The van der Waals surface area contributed by atoms with E-state index in [0.717, 1.165) is 21.6 Å². The van der Waals surface area contributed by atoms with Crippen molar-refractivity contribution in [2.75, 3.05) is 6.61 Å². The van der Waals surface area contributed by atoms with E-state index in [2.05, 4.69) is 4.74 Å². The molecular formula is C14H14N2O4S. The first-order valence-electron chi connectivity index (χ1n) is 6.18. The van der Waals surface area contributed by atoms with Gasteiger partial charge in [0.2, 0.25) is 0 Å². The zero-order chi connectivity index (χ0) is 15.4. The molecule has 0 spiro atoms. The zero-order valence-electron chi connectivity index (χ0n) is 11.3. The third-order valence-corrected chi connectivity index (χ3v) is 4.31. The predicted octanol–water partition coefficient (Wildman–Crippen LogP) is 2.80. The molecule has 0 saturated carbocycles. The first-order valence-corrected chi connectivity index (χ1v) is 7.06. The van der Waals surface area contributed by atoms with Crippen LogP contribution in [0.3, 0.4) is 0 Å². The second-order valence-corrected chi connectivity index (χ2v) is 5.36.